The average molecular weight is 325 g/mol. The Morgan fingerprint density at radius 3 is 1.79 bits per heavy atom. The Bertz CT molecular complexity index is 658. The third kappa shape index (κ3) is 4.78. The molecule has 0 N–H and O–H groups in total. The molecule has 0 atom stereocenters. The van der Waals surface area contributed by atoms with Gasteiger partial charge < -0.3 is 0 Å². The van der Waals surface area contributed by atoms with Gasteiger partial charge in [-0.2, -0.15) is 0 Å². The minimum Gasteiger partial charge on any atom is -0.295 e. The first-order chi connectivity index (χ1) is 11.4. The predicted octanol–water partition coefficient (Wildman–Crippen LogP) is 6.01. The molecule has 2 heteroatoms. The van der Waals surface area contributed by atoms with Gasteiger partial charge in [0, 0.05) is 18.6 Å². The van der Waals surface area contributed by atoms with Gasteiger partial charge in [0.2, 0.25) is 0 Å². The summed E-state index contributed by atoms with van der Waals surface area (Å²) in [6, 6.07) is 16.2. The van der Waals surface area contributed by atoms with Crippen LogP contribution in [-0.4, -0.2) is 23.5 Å². The molecule has 0 spiro atoms. The zero-order chi connectivity index (χ0) is 17.7. The summed E-state index contributed by atoms with van der Waals surface area (Å²) in [7, 11) is 0. The Morgan fingerprint density at radius 2 is 1.33 bits per heavy atom. The van der Waals surface area contributed by atoms with Gasteiger partial charge in [-0.25, -0.2) is 4.39 Å². The summed E-state index contributed by atoms with van der Waals surface area (Å²) in [4.78, 5) is 2.47. The Hall–Kier alpha value is -1.93. The predicted molar refractivity (Wildman–Crippen MR) is 102 cm³/mol. The van der Waals surface area contributed by atoms with Crippen molar-refractivity contribution in [1.29, 1.82) is 0 Å². The number of rotatable bonds is 6. The second-order valence-corrected chi connectivity index (χ2v) is 6.86. The smallest absolute Gasteiger partial charge is 0.123 e. The summed E-state index contributed by atoms with van der Waals surface area (Å²) in [6.45, 7) is 12.1. The Labute approximate surface area is 145 Å². The first-order valence-corrected chi connectivity index (χ1v) is 8.67. The molecule has 1 nitrogen and oxygen atoms in total. The van der Waals surface area contributed by atoms with Crippen LogP contribution in [0.4, 0.5) is 4.39 Å². The van der Waals surface area contributed by atoms with E-state index in [2.05, 4.69) is 69.9 Å². The van der Waals surface area contributed by atoms with Gasteiger partial charge in [-0.05, 0) is 69.0 Å². The molecule has 0 fully saturated rings. The lowest BCUT2D eigenvalue weighted by atomic mass is 10.0. The minimum atomic E-state index is -0.200. The second kappa shape index (κ2) is 8.25. The molecule has 0 saturated heterocycles. The van der Waals surface area contributed by atoms with Crippen LogP contribution in [0.2, 0.25) is 0 Å². The lowest BCUT2D eigenvalue weighted by Gasteiger charge is -2.29. The van der Waals surface area contributed by atoms with Crippen molar-refractivity contribution >= 4 is 5.57 Å². The van der Waals surface area contributed by atoms with Crippen molar-refractivity contribution < 1.29 is 4.39 Å². The van der Waals surface area contributed by atoms with Gasteiger partial charge in [0.05, 0.1) is 0 Å². The van der Waals surface area contributed by atoms with Crippen LogP contribution >= 0.6 is 0 Å². The molecular weight excluding hydrogens is 297 g/mol. The summed E-state index contributed by atoms with van der Waals surface area (Å²) in [6.07, 6.45) is 2.30. The highest BCUT2D eigenvalue weighted by molar-refractivity contribution is 5.69. The fourth-order valence-electron chi connectivity index (χ4n) is 2.95. The maximum atomic E-state index is 13.0. The quantitative estimate of drug-likeness (QED) is 0.628. The number of benzene rings is 2. The SMILES string of the molecule is CC(=CCN(C(C)C)C(C)C)c1ccc(-c2ccc(F)cc2)cc1. The summed E-state index contributed by atoms with van der Waals surface area (Å²) in [5, 5.41) is 0. The minimum absolute atomic E-state index is 0.200. The van der Waals surface area contributed by atoms with Crippen LogP contribution in [0.5, 0.6) is 0 Å². The molecule has 2 aromatic rings. The van der Waals surface area contributed by atoms with Crippen LogP contribution < -0.4 is 0 Å². The Kier molecular flexibility index (Phi) is 6.33. The lowest BCUT2D eigenvalue weighted by molar-refractivity contribution is 0.196. The van der Waals surface area contributed by atoms with E-state index < -0.39 is 0 Å². The highest BCUT2D eigenvalue weighted by Crippen LogP contribution is 2.23. The highest BCUT2D eigenvalue weighted by Gasteiger charge is 2.11. The Balaban J connectivity index is 2.12. The number of hydrogen-bond donors (Lipinski definition) is 0. The molecule has 0 aliphatic rings. The van der Waals surface area contributed by atoms with Crippen LogP contribution in [0.3, 0.4) is 0 Å². The number of nitrogens with zero attached hydrogens (tertiary/aromatic N) is 1. The van der Waals surface area contributed by atoms with E-state index in [1.54, 1.807) is 0 Å². The topological polar surface area (TPSA) is 3.24 Å². The first-order valence-electron chi connectivity index (χ1n) is 8.67. The van der Waals surface area contributed by atoms with E-state index in [4.69, 9.17) is 0 Å². The van der Waals surface area contributed by atoms with Crippen molar-refractivity contribution in [1.82, 2.24) is 4.90 Å². The van der Waals surface area contributed by atoms with Crippen LogP contribution in [-0.2, 0) is 0 Å². The maximum absolute atomic E-state index is 13.0. The summed E-state index contributed by atoms with van der Waals surface area (Å²) in [5.74, 6) is -0.200. The van der Waals surface area contributed by atoms with Crippen molar-refractivity contribution in [3.63, 3.8) is 0 Å². The van der Waals surface area contributed by atoms with Gasteiger partial charge in [-0.3, -0.25) is 4.90 Å². The Morgan fingerprint density at radius 1 is 0.875 bits per heavy atom. The molecule has 0 aliphatic carbocycles. The molecule has 0 bridgehead atoms. The van der Waals surface area contributed by atoms with Crippen molar-refractivity contribution in [3.8, 4) is 11.1 Å². The van der Waals surface area contributed by atoms with E-state index in [1.807, 2.05) is 12.1 Å². The maximum Gasteiger partial charge on any atom is 0.123 e. The first kappa shape index (κ1) is 18.4. The molecule has 0 aromatic heterocycles. The van der Waals surface area contributed by atoms with Crippen LogP contribution in [0.15, 0.2) is 54.6 Å². The van der Waals surface area contributed by atoms with Gasteiger partial charge in [-0.1, -0.05) is 42.5 Å². The third-order valence-electron chi connectivity index (χ3n) is 4.45. The molecule has 2 aromatic carbocycles. The molecule has 2 rings (SSSR count). The molecule has 0 unspecified atom stereocenters. The summed E-state index contributed by atoms with van der Waals surface area (Å²) in [5.41, 5.74) is 4.66. The van der Waals surface area contributed by atoms with E-state index in [-0.39, 0.29) is 5.82 Å². The molecule has 0 heterocycles. The van der Waals surface area contributed by atoms with Crippen molar-refractivity contribution in [2.45, 2.75) is 46.7 Å². The van der Waals surface area contributed by atoms with Crippen LogP contribution in [0.1, 0.15) is 40.2 Å². The van der Waals surface area contributed by atoms with E-state index in [0.717, 1.165) is 17.7 Å². The van der Waals surface area contributed by atoms with Gasteiger partial charge in [0.1, 0.15) is 5.82 Å². The number of hydrogen-bond acceptors (Lipinski definition) is 1. The lowest BCUT2D eigenvalue weighted by Crippen LogP contribution is -2.37. The molecule has 128 valence electrons. The van der Waals surface area contributed by atoms with Gasteiger partial charge in [0.15, 0.2) is 0 Å². The zero-order valence-electron chi connectivity index (χ0n) is 15.4. The highest BCUT2D eigenvalue weighted by atomic mass is 19.1. The largest absolute Gasteiger partial charge is 0.295 e. The van der Waals surface area contributed by atoms with Gasteiger partial charge in [0.25, 0.3) is 0 Å². The molecular formula is C22H28FN. The molecule has 0 radical (unpaired) electrons. The fourth-order valence-corrected chi connectivity index (χ4v) is 2.95. The van der Waals surface area contributed by atoms with Crippen molar-refractivity contribution in [2.75, 3.05) is 6.54 Å². The van der Waals surface area contributed by atoms with E-state index in [9.17, 15) is 4.39 Å². The third-order valence-corrected chi connectivity index (χ3v) is 4.45. The van der Waals surface area contributed by atoms with Crippen molar-refractivity contribution in [2.24, 2.45) is 0 Å². The summed E-state index contributed by atoms with van der Waals surface area (Å²) >= 11 is 0. The summed E-state index contributed by atoms with van der Waals surface area (Å²) < 4.78 is 13.0. The average Bonchev–Trinajstić information content (AvgIpc) is 2.55. The monoisotopic (exact) mass is 325 g/mol. The van der Waals surface area contributed by atoms with E-state index in [0.29, 0.717) is 12.1 Å². The fraction of sp³-hybridized carbons (Fsp3) is 0.364. The van der Waals surface area contributed by atoms with Gasteiger partial charge in [-0.15, -0.1) is 0 Å². The van der Waals surface area contributed by atoms with E-state index >= 15 is 0 Å². The van der Waals surface area contributed by atoms with Crippen LogP contribution in [0.25, 0.3) is 16.7 Å². The molecule has 0 amide bonds. The second-order valence-electron chi connectivity index (χ2n) is 6.86. The normalized spacial score (nSPS) is 12.5. The molecule has 24 heavy (non-hydrogen) atoms. The van der Waals surface area contributed by atoms with Gasteiger partial charge >= 0.3 is 0 Å². The van der Waals surface area contributed by atoms with Crippen molar-refractivity contribution in [3.05, 3.63) is 66.0 Å². The zero-order valence-corrected chi connectivity index (χ0v) is 15.4. The molecule has 0 aliphatic heterocycles. The number of allylic oxidation sites excluding steroid dienone is 1. The van der Waals surface area contributed by atoms with Crippen LogP contribution in [0, 0.1) is 5.82 Å². The number of halogens is 1. The molecule has 0 saturated carbocycles. The van der Waals surface area contributed by atoms with E-state index in [1.165, 1.54) is 23.3 Å². The standard InChI is InChI=1S/C22H28FN/c1-16(2)24(17(3)4)15-14-18(5)19-6-8-20(9-7-19)21-10-12-22(23)13-11-21/h6-14,16-17H,15H2,1-5H3.